The topological polar surface area (TPSA) is 90.0 Å². The molecule has 0 saturated carbocycles. The van der Waals surface area contributed by atoms with Crippen molar-refractivity contribution in [3.63, 3.8) is 0 Å². The molecule has 6 nitrogen and oxygen atoms in total. The van der Waals surface area contributed by atoms with E-state index in [9.17, 15) is 9.59 Å². The van der Waals surface area contributed by atoms with Crippen LogP contribution in [-0.2, 0) is 4.79 Å². The smallest absolute Gasteiger partial charge is 0.292 e. The normalized spacial score (nSPS) is 12.3. The van der Waals surface area contributed by atoms with E-state index in [4.69, 9.17) is 5.84 Å². The Morgan fingerprint density at radius 2 is 2.12 bits per heavy atom. The minimum atomic E-state index is -0.693. The maximum Gasteiger partial charge on any atom is 0.348 e. The third-order valence-corrected chi connectivity index (χ3v) is 3.52. The summed E-state index contributed by atoms with van der Waals surface area (Å²) in [7, 11) is 0. The zero-order valence-corrected chi connectivity index (χ0v) is 10.8. The Bertz CT molecular complexity index is 483. The molecule has 0 bridgehead atoms. The van der Waals surface area contributed by atoms with Crippen molar-refractivity contribution in [2.75, 3.05) is 0 Å². The zero-order chi connectivity index (χ0) is 12.5. The third kappa shape index (κ3) is 2.14. The minimum Gasteiger partial charge on any atom is -0.292 e. The lowest BCUT2D eigenvalue weighted by atomic mass is 10.2. The van der Waals surface area contributed by atoms with Crippen LogP contribution in [0.4, 0.5) is 0 Å². The van der Waals surface area contributed by atoms with Gasteiger partial charge in [-0.25, -0.2) is 10.6 Å². The van der Waals surface area contributed by atoms with Gasteiger partial charge in [0.15, 0.2) is 0 Å². The van der Waals surface area contributed by atoms with Gasteiger partial charge < -0.3 is 0 Å². The van der Waals surface area contributed by atoms with Crippen molar-refractivity contribution in [1.82, 2.24) is 15.0 Å². The highest BCUT2D eigenvalue weighted by Crippen LogP contribution is 2.19. The van der Waals surface area contributed by atoms with Crippen LogP contribution in [0.1, 0.15) is 24.4 Å². The number of carbonyl (C=O) groups excluding carboxylic acids is 1. The first-order valence-corrected chi connectivity index (χ1v) is 5.45. The van der Waals surface area contributed by atoms with Gasteiger partial charge >= 0.3 is 5.69 Å². The zero-order valence-electron chi connectivity index (χ0n) is 9.24. The molecule has 0 aromatic carbocycles. The van der Waals surface area contributed by atoms with Gasteiger partial charge in [-0.2, -0.15) is 4.98 Å². The second-order valence-corrected chi connectivity index (χ2v) is 4.23. The van der Waals surface area contributed by atoms with Crippen LogP contribution >= 0.6 is 15.9 Å². The fourth-order valence-electron chi connectivity index (χ4n) is 1.45. The summed E-state index contributed by atoms with van der Waals surface area (Å²) in [4.78, 5) is 26.9. The van der Waals surface area contributed by atoms with Gasteiger partial charge in [0.1, 0.15) is 6.04 Å². The molecule has 3 N–H and O–H groups in total. The number of nitrogens with zero attached hydrogens (tertiary/aromatic N) is 2. The van der Waals surface area contributed by atoms with Crippen molar-refractivity contribution < 1.29 is 4.79 Å². The first-order valence-electron chi connectivity index (χ1n) is 4.65. The number of halogens is 1. The summed E-state index contributed by atoms with van der Waals surface area (Å²) < 4.78 is 2.00. The number of hydrogen-bond donors (Lipinski definition) is 2. The lowest BCUT2D eigenvalue weighted by molar-refractivity contribution is -0.124. The van der Waals surface area contributed by atoms with E-state index in [0.717, 1.165) is 0 Å². The summed E-state index contributed by atoms with van der Waals surface area (Å²) in [5, 5.41) is 0. The number of nitrogens with two attached hydrogens (primary N) is 1. The van der Waals surface area contributed by atoms with Crippen LogP contribution in [0.3, 0.4) is 0 Å². The molecule has 16 heavy (non-hydrogen) atoms. The molecule has 1 amide bonds. The molecule has 1 heterocycles. The monoisotopic (exact) mass is 288 g/mol. The number of rotatable bonds is 2. The van der Waals surface area contributed by atoms with Crippen LogP contribution in [0.5, 0.6) is 0 Å². The molecule has 1 atom stereocenters. The second-order valence-electron chi connectivity index (χ2n) is 3.43. The Morgan fingerprint density at radius 1 is 1.56 bits per heavy atom. The molecule has 7 heteroatoms. The molecule has 0 aliphatic rings. The molecular formula is C9H13BrN4O2. The van der Waals surface area contributed by atoms with Crippen molar-refractivity contribution in [2.24, 2.45) is 5.84 Å². The summed E-state index contributed by atoms with van der Waals surface area (Å²) in [5.74, 6) is 4.59. The van der Waals surface area contributed by atoms with E-state index in [1.54, 1.807) is 20.8 Å². The van der Waals surface area contributed by atoms with Crippen LogP contribution in [0.15, 0.2) is 9.27 Å². The molecule has 1 aromatic rings. The van der Waals surface area contributed by atoms with Gasteiger partial charge in [0, 0.05) is 5.69 Å². The third-order valence-electron chi connectivity index (χ3n) is 2.38. The van der Waals surface area contributed by atoms with Crippen molar-refractivity contribution >= 4 is 21.8 Å². The molecule has 1 aromatic heterocycles. The van der Waals surface area contributed by atoms with E-state index in [2.05, 4.69) is 20.9 Å². The Morgan fingerprint density at radius 3 is 2.62 bits per heavy atom. The lowest BCUT2D eigenvalue weighted by Gasteiger charge is -2.17. The van der Waals surface area contributed by atoms with Crippen molar-refractivity contribution in [2.45, 2.75) is 26.8 Å². The van der Waals surface area contributed by atoms with Crippen molar-refractivity contribution in [3.8, 4) is 0 Å². The summed E-state index contributed by atoms with van der Waals surface area (Å²) in [6.07, 6.45) is 0. The average Bonchev–Trinajstić information content (AvgIpc) is 2.24. The molecular weight excluding hydrogens is 276 g/mol. The highest BCUT2D eigenvalue weighted by Gasteiger charge is 2.19. The van der Waals surface area contributed by atoms with Crippen molar-refractivity contribution in [3.05, 3.63) is 26.3 Å². The van der Waals surface area contributed by atoms with Crippen LogP contribution in [-0.4, -0.2) is 15.5 Å². The van der Waals surface area contributed by atoms with Crippen LogP contribution in [0, 0.1) is 13.8 Å². The lowest BCUT2D eigenvalue weighted by Crippen LogP contribution is -2.40. The predicted molar refractivity (Wildman–Crippen MR) is 62.7 cm³/mol. The van der Waals surface area contributed by atoms with E-state index in [1.807, 2.05) is 5.43 Å². The minimum absolute atomic E-state index is 0.442. The van der Waals surface area contributed by atoms with E-state index in [-0.39, 0.29) is 0 Å². The van der Waals surface area contributed by atoms with Crippen LogP contribution in [0.2, 0.25) is 0 Å². The fraction of sp³-hybridized carbons (Fsp3) is 0.444. The first kappa shape index (κ1) is 12.9. The standard InChI is InChI=1S/C9H13BrN4O2/c1-4-7(10)5(2)14(9(16)12-4)6(3)8(15)13-11/h6H,11H2,1-3H3,(H,13,15). The average molecular weight is 289 g/mol. The Kier molecular flexibility index (Phi) is 3.82. The molecule has 0 fully saturated rings. The van der Waals surface area contributed by atoms with Crippen molar-refractivity contribution in [1.29, 1.82) is 0 Å². The molecule has 0 saturated heterocycles. The number of amides is 1. The Balaban J connectivity index is 3.40. The Labute approximate surface area is 101 Å². The van der Waals surface area contributed by atoms with E-state index in [1.165, 1.54) is 4.57 Å². The first-order chi connectivity index (χ1) is 7.40. The largest absolute Gasteiger partial charge is 0.348 e. The summed E-state index contributed by atoms with van der Waals surface area (Å²) in [5.41, 5.74) is 2.79. The number of hydrazine groups is 1. The summed E-state index contributed by atoms with van der Waals surface area (Å²) >= 11 is 3.32. The van der Waals surface area contributed by atoms with E-state index >= 15 is 0 Å². The highest BCUT2D eigenvalue weighted by atomic mass is 79.9. The molecule has 1 unspecified atom stereocenters. The van der Waals surface area contributed by atoms with E-state index in [0.29, 0.717) is 15.9 Å². The predicted octanol–water partition coefficient (Wildman–Crippen LogP) is 0.174. The summed E-state index contributed by atoms with van der Waals surface area (Å²) in [6.45, 7) is 5.04. The van der Waals surface area contributed by atoms with Gasteiger partial charge in [-0.1, -0.05) is 0 Å². The number of hydrogen-bond acceptors (Lipinski definition) is 4. The number of aromatic nitrogens is 2. The maximum absolute atomic E-state index is 11.7. The molecule has 0 aliphatic heterocycles. The number of carbonyl (C=O) groups is 1. The second kappa shape index (κ2) is 4.75. The van der Waals surface area contributed by atoms with Crippen LogP contribution in [0.25, 0.3) is 0 Å². The number of aryl methyl sites for hydroxylation is 1. The maximum atomic E-state index is 11.7. The van der Waals surface area contributed by atoms with Gasteiger partial charge in [-0.05, 0) is 36.7 Å². The van der Waals surface area contributed by atoms with E-state index < -0.39 is 17.6 Å². The quantitative estimate of drug-likeness (QED) is 0.461. The van der Waals surface area contributed by atoms with Gasteiger partial charge in [0.2, 0.25) is 0 Å². The van der Waals surface area contributed by atoms with Gasteiger partial charge in [0.05, 0.1) is 10.2 Å². The molecule has 0 spiro atoms. The van der Waals surface area contributed by atoms with Crippen LogP contribution < -0.4 is 17.0 Å². The highest BCUT2D eigenvalue weighted by molar-refractivity contribution is 9.10. The number of nitrogens with one attached hydrogen (secondary N) is 1. The molecule has 88 valence electrons. The van der Waals surface area contributed by atoms with Gasteiger partial charge in [-0.15, -0.1) is 0 Å². The molecule has 1 rings (SSSR count). The Hall–Kier alpha value is -1.21. The molecule has 0 aliphatic carbocycles. The fourth-order valence-corrected chi connectivity index (χ4v) is 1.73. The SMILES string of the molecule is Cc1nc(=O)n(C(C)C(=O)NN)c(C)c1Br. The summed E-state index contributed by atoms with van der Waals surface area (Å²) in [6, 6.07) is -0.693. The molecule has 0 radical (unpaired) electrons. The van der Waals surface area contributed by atoms with Gasteiger partial charge in [0.25, 0.3) is 5.91 Å². The van der Waals surface area contributed by atoms with Gasteiger partial charge in [-0.3, -0.25) is 14.8 Å².